The third-order valence-corrected chi connectivity index (χ3v) is 3.63. The first kappa shape index (κ1) is 16.6. The lowest BCUT2D eigenvalue weighted by Crippen LogP contribution is -2.35. The van der Waals surface area contributed by atoms with E-state index < -0.39 is 11.0 Å². The zero-order valence-corrected chi connectivity index (χ0v) is 13.4. The summed E-state index contributed by atoms with van der Waals surface area (Å²) in [6.07, 6.45) is -0.740. The van der Waals surface area contributed by atoms with Gasteiger partial charge in [0.15, 0.2) is 17.6 Å². The standard InChI is InChI=1S/C17H16N2O6/c1-11(25-14-5-3-13(4-6-14)19(21)22)17(20)18-9-12-2-7-15-16(8-12)24-10-23-15/h2-8,11H,9-10H2,1H3,(H,18,20)/t11-/m1/s1. The molecule has 0 bridgehead atoms. The Hall–Kier alpha value is -3.29. The first-order valence-corrected chi connectivity index (χ1v) is 7.60. The van der Waals surface area contributed by atoms with E-state index in [9.17, 15) is 14.9 Å². The van der Waals surface area contributed by atoms with Crippen molar-refractivity contribution in [2.75, 3.05) is 6.79 Å². The van der Waals surface area contributed by atoms with Crippen LogP contribution in [0.25, 0.3) is 0 Å². The van der Waals surface area contributed by atoms with Crippen LogP contribution in [0.5, 0.6) is 17.2 Å². The summed E-state index contributed by atoms with van der Waals surface area (Å²) in [6.45, 7) is 2.13. The number of nitro benzene ring substituents is 1. The van der Waals surface area contributed by atoms with Crippen LogP contribution in [0.1, 0.15) is 12.5 Å². The van der Waals surface area contributed by atoms with Crippen molar-refractivity contribution in [3.63, 3.8) is 0 Å². The highest BCUT2D eigenvalue weighted by Crippen LogP contribution is 2.32. The number of carbonyl (C=O) groups excluding carboxylic acids is 1. The van der Waals surface area contributed by atoms with Gasteiger partial charge in [0.1, 0.15) is 5.75 Å². The SMILES string of the molecule is C[C@@H](Oc1ccc([N+](=O)[O-])cc1)C(=O)NCc1ccc2c(c1)OCO2. The predicted octanol–water partition coefficient (Wildman–Crippen LogP) is 2.41. The minimum atomic E-state index is -0.740. The molecule has 1 amide bonds. The molecule has 0 aromatic heterocycles. The van der Waals surface area contributed by atoms with Gasteiger partial charge in [-0.2, -0.15) is 0 Å². The normalized spacial score (nSPS) is 13.2. The van der Waals surface area contributed by atoms with Crippen molar-refractivity contribution >= 4 is 11.6 Å². The summed E-state index contributed by atoms with van der Waals surface area (Å²) in [6, 6.07) is 11.0. The van der Waals surface area contributed by atoms with Crippen LogP contribution >= 0.6 is 0 Å². The van der Waals surface area contributed by atoms with Gasteiger partial charge in [-0.3, -0.25) is 14.9 Å². The summed E-state index contributed by atoms with van der Waals surface area (Å²) in [5.74, 6) is 1.43. The molecule has 1 aliphatic rings. The molecule has 0 saturated carbocycles. The Morgan fingerprint density at radius 3 is 2.68 bits per heavy atom. The van der Waals surface area contributed by atoms with Crippen LogP contribution in [0.2, 0.25) is 0 Å². The number of fused-ring (bicyclic) bond motifs is 1. The Morgan fingerprint density at radius 1 is 1.24 bits per heavy atom. The summed E-state index contributed by atoms with van der Waals surface area (Å²) in [7, 11) is 0. The molecular weight excluding hydrogens is 328 g/mol. The third kappa shape index (κ3) is 3.97. The fourth-order valence-electron chi connectivity index (χ4n) is 2.29. The lowest BCUT2D eigenvalue weighted by atomic mass is 10.2. The highest BCUT2D eigenvalue weighted by atomic mass is 16.7. The van der Waals surface area contributed by atoms with E-state index in [1.807, 2.05) is 12.1 Å². The Bertz CT molecular complexity index is 790. The minimum Gasteiger partial charge on any atom is -0.481 e. The van der Waals surface area contributed by atoms with Crippen molar-refractivity contribution in [2.45, 2.75) is 19.6 Å². The lowest BCUT2D eigenvalue weighted by Gasteiger charge is -2.14. The van der Waals surface area contributed by atoms with Crippen LogP contribution in [0.15, 0.2) is 42.5 Å². The number of rotatable bonds is 6. The van der Waals surface area contributed by atoms with Gasteiger partial charge in [0.05, 0.1) is 4.92 Å². The predicted molar refractivity (Wildman–Crippen MR) is 87.6 cm³/mol. The van der Waals surface area contributed by atoms with E-state index in [4.69, 9.17) is 14.2 Å². The van der Waals surface area contributed by atoms with Crippen LogP contribution in [0.3, 0.4) is 0 Å². The Kier molecular flexibility index (Phi) is 4.69. The maximum absolute atomic E-state index is 12.1. The van der Waals surface area contributed by atoms with Crippen LogP contribution in [-0.4, -0.2) is 23.7 Å². The van der Waals surface area contributed by atoms with Crippen LogP contribution in [0, 0.1) is 10.1 Å². The van der Waals surface area contributed by atoms with E-state index in [0.717, 1.165) is 5.56 Å². The Morgan fingerprint density at radius 2 is 1.96 bits per heavy atom. The second-order valence-corrected chi connectivity index (χ2v) is 5.42. The number of hydrogen-bond acceptors (Lipinski definition) is 6. The van der Waals surface area contributed by atoms with Gasteiger partial charge in [0, 0.05) is 18.7 Å². The van der Waals surface area contributed by atoms with E-state index in [0.29, 0.717) is 23.8 Å². The molecule has 1 atom stereocenters. The van der Waals surface area contributed by atoms with Crippen molar-refractivity contribution in [2.24, 2.45) is 0 Å². The number of amides is 1. The molecule has 1 heterocycles. The Balaban J connectivity index is 1.53. The molecule has 130 valence electrons. The van der Waals surface area contributed by atoms with E-state index >= 15 is 0 Å². The summed E-state index contributed by atoms with van der Waals surface area (Å²) in [5, 5.41) is 13.4. The molecule has 0 spiro atoms. The first-order valence-electron chi connectivity index (χ1n) is 7.60. The van der Waals surface area contributed by atoms with Crippen molar-refractivity contribution in [1.29, 1.82) is 0 Å². The molecule has 1 aliphatic heterocycles. The fraction of sp³-hybridized carbons (Fsp3) is 0.235. The molecular formula is C17H16N2O6. The monoisotopic (exact) mass is 344 g/mol. The smallest absolute Gasteiger partial charge is 0.269 e. The van der Waals surface area contributed by atoms with Gasteiger partial charge >= 0.3 is 0 Å². The Labute approximate surface area is 143 Å². The van der Waals surface area contributed by atoms with E-state index in [2.05, 4.69) is 5.32 Å². The van der Waals surface area contributed by atoms with E-state index in [-0.39, 0.29) is 18.4 Å². The molecule has 25 heavy (non-hydrogen) atoms. The first-order chi connectivity index (χ1) is 12.0. The quantitative estimate of drug-likeness (QED) is 0.638. The van der Waals surface area contributed by atoms with Gasteiger partial charge in [0.25, 0.3) is 11.6 Å². The van der Waals surface area contributed by atoms with Crippen LogP contribution in [-0.2, 0) is 11.3 Å². The minimum absolute atomic E-state index is 0.0349. The topological polar surface area (TPSA) is 99.9 Å². The van der Waals surface area contributed by atoms with E-state index in [1.54, 1.807) is 13.0 Å². The van der Waals surface area contributed by atoms with Crippen LogP contribution < -0.4 is 19.5 Å². The second kappa shape index (κ2) is 7.08. The molecule has 0 unspecified atom stereocenters. The van der Waals surface area contributed by atoms with Gasteiger partial charge < -0.3 is 19.5 Å². The van der Waals surface area contributed by atoms with Gasteiger partial charge in [0.2, 0.25) is 6.79 Å². The summed E-state index contributed by atoms with van der Waals surface area (Å²) in [5.41, 5.74) is 0.840. The zero-order valence-electron chi connectivity index (χ0n) is 13.4. The molecule has 1 N–H and O–H groups in total. The zero-order chi connectivity index (χ0) is 17.8. The van der Waals surface area contributed by atoms with Gasteiger partial charge in [-0.05, 0) is 36.8 Å². The summed E-state index contributed by atoms with van der Waals surface area (Å²) < 4.78 is 16.0. The molecule has 0 fully saturated rings. The molecule has 8 heteroatoms. The molecule has 8 nitrogen and oxygen atoms in total. The van der Waals surface area contributed by atoms with Gasteiger partial charge in [-0.1, -0.05) is 6.07 Å². The highest BCUT2D eigenvalue weighted by Gasteiger charge is 2.17. The number of ether oxygens (including phenoxy) is 3. The fourth-order valence-corrected chi connectivity index (χ4v) is 2.29. The number of benzene rings is 2. The average molecular weight is 344 g/mol. The summed E-state index contributed by atoms with van der Waals surface area (Å²) in [4.78, 5) is 22.3. The van der Waals surface area contributed by atoms with Crippen molar-refractivity contribution < 1.29 is 23.9 Å². The highest BCUT2D eigenvalue weighted by molar-refractivity contribution is 5.80. The molecule has 3 rings (SSSR count). The van der Waals surface area contributed by atoms with Crippen molar-refractivity contribution in [3.8, 4) is 17.2 Å². The molecule has 2 aromatic carbocycles. The van der Waals surface area contributed by atoms with Gasteiger partial charge in [-0.15, -0.1) is 0 Å². The molecule has 0 saturated heterocycles. The maximum Gasteiger partial charge on any atom is 0.269 e. The van der Waals surface area contributed by atoms with Crippen LogP contribution in [0.4, 0.5) is 5.69 Å². The molecule has 2 aromatic rings. The number of nitro groups is 1. The second-order valence-electron chi connectivity index (χ2n) is 5.42. The number of nitrogens with one attached hydrogen (secondary N) is 1. The van der Waals surface area contributed by atoms with Gasteiger partial charge in [-0.25, -0.2) is 0 Å². The third-order valence-electron chi connectivity index (χ3n) is 3.63. The lowest BCUT2D eigenvalue weighted by molar-refractivity contribution is -0.384. The molecule has 0 aliphatic carbocycles. The number of non-ortho nitro benzene ring substituents is 1. The maximum atomic E-state index is 12.1. The van der Waals surface area contributed by atoms with Crippen molar-refractivity contribution in [1.82, 2.24) is 5.32 Å². The summed E-state index contributed by atoms with van der Waals surface area (Å²) >= 11 is 0. The van der Waals surface area contributed by atoms with Crippen molar-refractivity contribution in [3.05, 3.63) is 58.1 Å². The number of nitrogens with zero attached hydrogens (tertiary/aromatic N) is 1. The number of hydrogen-bond donors (Lipinski definition) is 1. The van der Waals surface area contributed by atoms with E-state index in [1.165, 1.54) is 24.3 Å². The number of carbonyl (C=O) groups is 1. The average Bonchev–Trinajstić information content (AvgIpc) is 3.07. The largest absolute Gasteiger partial charge is 0.481 e. The molecule has 0 radical (unpaired) electrons.